The molecule has 1 rings (SSSR count). The standard InChI is InChI=1S/C13H25N3O4/c1-3-20-13(18)16-7-4-10(5-8-16)15-12(17)11(14)6-9-19-2/h10-11H,3-9,14H2,1-2H3,(H,15,17). The fourth-order valence-electron chi connectivity index (χ4n) is 2.11. The summed E-state index contributed by atoms with van der Waals surface area (Å²) in [4.78, 5) is 25.0. The lowest BCUT2D eigenvalue weighted by Gasteiger charge is -2.32. The molecule has 0 bridgehead atoms. The Labute approximate surface area is 119 Å². The number of nitrogens with zero attached hydrogens (tertiary/aromatic N) is 1. The van der Waals surface area contributed by atoms with Crippen LogP contribution in [0, 0.1) is 0 Å². The molecule has 116 valence electrons. The van der Waals surface area contributed by atoms with Crippen molar-refractivity contribution in [2.24, 2.45) is 5.73 Å². The average Bonchev–Trinajstić information content (AvgIpc) is 2.45. The lowest BCUT2D eigenvalue weighted by Crippen LogP contribution is -2.50. The first-order valence-electron chi connectivity index (χ1n) is 7.05. The van der Waals surface area contributed by atoms with Crippen molar-refractivity contribution in [2.45, 2.75) is 38.3 Å². The summed E-state index contributed by atoms with van der Waals surface area (Å²) in [7, 11) is 1.58. The maximum atomic E-state index is 11.8. The minimum atomic E-state index is -0.543. The Morgan fingerprint density at radius 2 is 2.05 bits per heavy atom. The fraction of sp³-hybridized carbons (Fsp3) is 0.846. The van der Waals surface area contributed by atoms with Crippen LogP contribution in [0.25, 0.3) is 0 Å². The van der Waals surface area contributed by atoms with Gasteiger partial charge in [0.15, 0.2) is 0 Å². The van der Waals surface area contributed by atoms with Crippen molar-refractivity contribution >= 4 is 12.0 Å². The predicted octanol–water partition coefficient (Wildman–Crippen LogP) is 0.0873. The molecular weight excluding hydrogens is 262 g/mol. The Hall–Kier alpha value is -1.34. The third-order valence-electron chi connectivity index (χ3n) is 3.34. The molecule has 1 fully saturated rings. The molecule has 7 nitrogen and oxygen atoms in total. The van der Waals surface area contributed by atoms with Gasteiger partial charge in [-0.2, -0.15) is 0 Å². The molecule has 3 N–H and O–H groups in total. The topological polar surface area (TPSA) is 93.9 Å². The highest BCUT2D eigenvalue weighted by Crippen LogP contribution is 2.11. The number of carbonyl (C=O) groups is 2. The van der Waals surface area contributed by atoms with Crippen molar-refractivity contribution in [1.29, 1.82) is 0 Å². The molecule has 1 aliphatic rings. The fourth-order valence-corrected chi connectivity index (χ4v) is 2.11. The van der Waals surface area contributed by atoms with Gasteiger partial charge in [-0.1, -0.05) is 0 Å². The third-order valence-corrected chi connectivity index (χ3v) is 3.34. The van der Waals surface area contributed by atoms with Gasteiger partial charge < -0.3 is 25.4 Å². The first-order chi connectivity index (χ1) is 9.58. The van der Waals surface area contributed by atoms with Gasteiger partial charge in [0, 0.05) is 32.8 Å². The average molecular weight is 287 g/mol. The van der Waals surface area contributed by atoms with E-state index in [-0.39, 0.29) is 18.0 Å². The normalized spacial score (nSPS) is 17.6. The Morgan fingerprint density at radius 3 is 2.60 bits per heavy atom. The molecule has 1 aliphatic heterocycles. The van der Waals surface area contributed by atoms with E-state index in [0.29, 0.717) is 32.7 Å². The van der Waals surface area contributed by atoms with E-state index in [1.54, 1.807) is 18.9 Å². The monoisotopic (exact) mass is 287 g/mol. The summed E-state index contributed by atoms with van der Waals surface area (Å²) >= 11 is 0. The maximum absolute atomic E-state index is 11.8. The molecular formula is C13H25N3O4. The van der Waals surface area contributed by atoms with Crippen LogP contribution < -0.4 is 11.1 Å². The molecule has 1 saturated heterocycles. The van der Waals surface area contributed by atoms with E-state index in [0.717, 1.165) is 12.8 Å². The molecule has 0 spiro atoms. The minimum Gasteiger partial charge on any atom is -0.450 e. The van der Waals surface area contributed by atoms with Crippen molar-refractivity contribution in [1.82, 2.24) is 10.2 Å². The van der Waals surface area contributed by atoms with Crippen LogP contribution in [0.1, 0.15) is 26.2 Å². The van der Waals surface area contributed by atoms with Crippen LogP contribution >= 0.6 is 0 Å². The van der Waals surface area contributed by atoms with E-state index in [2.05, 4.69) is 5.32 Å². The third kappa shape index (κ3) is 5.34. The lowest BCUT2D eigenvalue weighted by atomic mass is 10.0. The zero-order chi connectivity index (χ0) is 15.0. The molecule has 0 aliphatic carbocycles. The SMILES string of the molecule is CCOC(=O)N1CCC(NC(=O)C(N)CCOC)CC1. The molecule has 1 atom stereocenters. The van der Waals surface area contributed by atoms with Crippen LogP contribution in [0.5, 0.6) is 0 Å². The van der Waals surface area contributed by atoms with Crippen LogP contribution in [0.3, 0.4) is 0 Å². The number of likely N-dealkylation sites (tertiary alicyclic amines) is 1. The Balaban J connectivity index is 2.28. The van der Waals surface area contributed by atoms with E-state index in [1.165, 1.54) is 0 Å². The van der Waals surface area contributed by atoms with Gasteiger partial charge >= 0.3 is 6.09 Å². The molecule has 1 heterocycles. The number of carbonyl (C=O) groups excluding carboxylic acids is 2. The second kappa shape index (κ2) is 8.76. The summed E-state index contributed by atoms with van der Waals surface area (Å²) in [5, 5.41) is 2.92. The molecule has 0 saturated carbocycles. The Kier molecular flexibility index (Phi) is 7.32. The molecule has 0 aromatic heterocycles. The zero-order valence-corrected chi connectivity index (χ0v) is 12.3. The van der Waals surface area contributed by atoms with Gasteiger partial charge in [0.25, 0.3) is 0 Å². The number of amides is 2. The number of rotatable bonds is 6. The summed E-state index contributed by atoms with van der Waals surface area (Å²) in [5.74, 6) is -0.156. The van der Waals surface area contributed by atoms with Crippen molar-refractivity contribution in [3.8, 4) is 0 Å². The number of hydrogen-bond acceptors (Lipinski definition) is 5. The van der Waals surface area contributed by atoms with Crippen LogP contribution in [0.2, 0.25) is 0 Å². The van der Waals surface area contributed by atoms with E-state index in [9.17, 15) is 9.59 Å². The first-order valence-corrected chi connectivity index (χ1v) is 7.05. The second-order valence-corrected chi connectivity index (χ2v) is 4.86. The summed E-state index contributed by atoms with van der Waals surface area (Å²) < 4.78 is 9.84. The first kappa shape index (κ1) is 16.7. The number of nitrogens with two attached hydrogens (primary N) is 1. The van der Waals surface area contributed by atoms with Gasteiger partial charge in [-0.05, 0) is 26.2 Å². The van der Waals surface area contributed by atoms with Crippen LogP contribution in [0.15, 0.2) is 0 Å². The zero-order valence-electron chi connectivity index (χ0n) is 12.3. The summed E-state index contributed by atoms with van der Waals surface area (Å²) in [5.41, 5.74) is 5.76. The number of ether oxygens (including phenoxy) is 2. The Morgan fingerprint density at radius 1 is 1.40 bits per heavy atom. The van der Waals surface area contributed by atoms with Crippen LogP contribution in [-0.4, -0.2) is 62.4 Å². The molecule has 7 heteroatoms. The molecule has 0 aromatic rings. The van der Waals surface area contributed by atoms with Crippen molar-refractivity contribution in [3.63, 3.8) is 0 Å². The number of hydrogen-bond donors (Lipinski definition) is 2. The summed E-state index contributed by atoms with van der Waals surface area (Å²) in [6.45, 7) is 3.82. The molecule has 20 heavy (non-hydrogen) atoms. The molecule has 0 radical (unpaired) electrons. The smallest absolute Gasteiger partial charge is 0.409 e. The minimum absolute atomic E-state index is 0.0711. The quantitative estimate of drug-likeness (QED) is 0.722. The highest BCUT2D eigenvalue weighted by atomic mass is 16.6. The highest BCUT2D eigenvalue weighted by molar-refractivity contribution is 5.81. The molecule has 1 unspecified atom stereocenters. The van der Waals surface area contributed by atoms with E-state index < -0.39 is 6.04 Å². The lowest BCUT2D eigenvalue weighted by molar-refractivity contribution is -0.123. The van der Waals surface area contributed by atoms with Crippen molar-refractivity contribution < 1.29 is 19.1 Å². The van der Waals surface area contributed by atoms with Gasteiger partial charge in [-0.3, -0.25) is 4.79 Å². The highest BCUT2D eigenvalue weighted by Gasteiger charge is 2.25. The number of methoxy groups -OCH3 is 1. The largest absolute Gasteiger partial charge is 0.450 e. The van der Waals surface area contributed by atoms with Gasteiger partial charge in [0.05, 0.1) is 12.6 Å². The van der Waals surface area contributed by atoms with Gasteiger partial charge in [-0.15, -0.1) is 0 Å². The van der Waals surface area contributed by atoms with Gasteiger partial charge in [-0.25, -0.2) is 4.79 Å². The summed E-state index contributed by atoms with van der Waals surface area (Å²) in [6, 6.07) is -0.472. The number of piperidine rings is 1. The predicted molar refractivity (Wildman–Crippen MR) is 74.2 cm³/mol. The number of nitrogens with one attached hydrogen (secondary N) is 1. The van der Waals surface area contributed by atoms with E-state index in [4.69, 9.17) is 15.2 Å². The van der Waals surface area contributed by atoms with Crippen molar-refractivity contribution in [2.75, 3.05) is 33.4 Å². The van der Waals surface area contributed by atoms with Crippen LogP contribution in [0.4, 0.5) is 4.79 Å². The van der Waals surface area contributed by atoms with Gasteiger partial charge in [0.2, 0.25) is 5.91 Å². The van der Waals surface area contributed by atoms with E-state index in [1.807, 2.05) is 0 Å². The second-order valence-electron chi connectivity index (χ2n) is 4.86. The Bertz CT molecular complexity index is 317. The van der Waals surface area contributed by atoms with E-state index >= 15 is 0 Å². The maximum Gasteiger partial charge on any atom is 0.409 e. The molecule has 2 amide bonds. The van der Waals surface area contributed by atoms with Gasteiger partial charge in [0.1, 0.15) is 0 Å². The van der Waals surface area contributed by atoms with Crippen molar-refractivity contribution in [3.05, 3.63) is 0 Å². The molecule has 0 aromatic carbocycles. The van der Waals surface area contributed by atoms with Crippen LogP contribution in [-0.2, 0) is 14.3 Å². The summed E-state index contributed by atoms with van der Waals surface area (Å²) in [6.07, 6.45) is 1.67.